The number of thiocarbonyl (C=S) groups is 1. The Balaban J connectivity index is 2.04. The minimum absolute atomic E-state index is 0.0807. The first-order chi connectivity index (χ1) is 8.15. The summed E-state index contributed by atoms with van der Waals surface area (Å²) in [5.74, 6) is 2.25. The van der Waals surface area contributed by atoms with E-state index in [0.29, 0.717) is 11.0 Å². The smallest absolute Gasteiger partial charge is 0.233 e. The lowest BCUT2D eigenvalue weighted by atomic mass is 9.73. The SMILES string of the molecule is NC(=S)C1(C(=O)NC2CCSC2)CCCCC1. The van der Waals surface area contributed by atoms with Gasteiger partial charge < -0.3 is 11.1 Å². The molecule has 96 valence electrons. The van der Waals surface area contributed by atoms with E-state index in [1.165, 1.54) is 6.42 Å². The molecule has 5 heteroatoms. The lowest BCUT2D eigenvalue weighted by molar-refractivity contribution is -0.129. The van der Waals surface area contributed by atoms with Gasteiger partial charge in [0, 0.05) is 11.8 Å². The van der Waals surface area contributed by atoms with Crippen molar-refractivity contribution in [2.75, 3.05) is 11.5 Å². The number of carbonyl (C=O) groups is 1. The third kappa shape index (κ3) is 2.76. The highest BCUT2D eigenvalue weighted by molar-refractivity contribution is 7.99. The maximum atomic E-state index is 12.4. The third-order valence-electron chi connectivity index (χ3n) is 3.88. The molecule has 1 atom stereocenters. The molecule has 17 heavy (non-hydrogen) atoms. The van der Waals surface area contributed by atoms with E-state index >= 15 is 0 Å². The Labute approximate surface area is 112 Å². The van der Waals surface area contributed by atoms with Crippen LogP contribution in [-0.4, -0.2) is 28.4 Å². The Hall–Kier alpha value is -0.290. The molecular formula is C12H20N2OS2. The molecule has 0 aromatic carbocycles. The van der Waals surface area contributed by atoms with Crippen LogP contribution in [0.1, 0.15) is 38.5 Å². The Bertz CT molecular complexity index is 308. The van der Waals surface area contributed by atoms with Crippen LogP contribution in [0.3, 0.4) is 0 Å². The summed E-state index contributed by atoms with van der Waals surface area (Å²) in [4.78, 5) is 12.8. The average molecular weight is 272 g/mol. The van der Waals surface area contributed by atoms with Crippen molar-refractivity contribution in [3.8, 4) is 0 Å². The molecule has 1 heterocycles. The number of rotatable bonds is 3. The summed E-state index contributed by atoms with van der Waals surface area (Å²) in [6.45, 7) is 0. The normalized spacial score (nSPS) is 27.6. The molecule has 1 amide bonds. The molecular weight excluding hydrogens is 252 g/mol. The Morgan fingerprint density at radius 2 is 2.06 bits per heavy atom. The van der Waals surface area contributed by atoms with Crippen molar-refractivity contribution >= 4 is 34.9 Å². The van der Waals surface area contributed by atoms with Gasteiger partial charge in [0.2, 0.25) is 5.91 Å². The molecule has 0 radical (unpaired) electrons. The van der Waals surface area contributed by atoms with Crippen LogP contribution in [0.2, 0.25) is 0 Å². The number of thioether (sulfide) groups is 1. The van der Waals surface area contributed by atoms with Crippen LogP contribution in [0, 0.1) is 5.41 Å². The summed E-state index contributed by atoms with van der Waals surface area (Å²) < 4.78 is 0. The second-order valence-electron chi connectivity index (χ2n) is 5.04. The Morgan fingerprint density at radius 1 is 1.35 bits per heavy atom. The number of carbonyl (C=O) groups excluding carboxylic acids is 1. The minimum atomic E-state index is -0.555. The molecule has 2 rings (SSSR count). The van der Waals surface area contributed by atoms with Crippen LogP contribution in [-0.2, 0) is 4.79 Å². The molecule has 2 aliphatic rings. The van der Waals surface area contributed by atoms with Gasteiger partial charge in [0.05, 0.1) is 10.4 Å². The number of nitrogens with one attached hydrogen (secondary N) is 1. The first-order valence-electron chi connectivity index (χ1n) is 6.34. The summed E-state index contributed by atoms with van der Waals surface area (Å²) in [6.07, 6.45) is 6.04. The minimum Gasteiger partial charge on any atom is -0.392 e. The van der Waals surface area contributed by atoms with Gasteiger partial charge in [-0.1, -0.05) is 31.5 Å². The Morgan fingerprint density at radius 3 is 2.59 bits per heavy atom. The first-order valence-corrected chi connectivity index (χ1v) is 7.90. The van der Waals surface area contributed by atoms with Crippen molar-refractivity contribution in [2.24, 2.45) is 11.1 Å². The summed E-state index contributed by atoms with van der Waals surface area (Å²) in [6, 6.07) is 0.320. The maximum Gasteiger partial charge on any atom is 0.233 e. The van der Waals surface area contributed by atoms with Gasteiger partial charge in [-0.05, 0) is 25.0 Å². The molecule has 1 saturated carbocycles. The molecule has 0 spiro atoms. The number of nitrogens with two attached hydrogens (primary N) is 1. The standard InChI is InChI=1S/C12H20N2OS2/c13-10(16)12(5-2-1-3-6-12)11(15)14-9-4-7-17-8-9/h9H,1-8H2,(H2,13,16)(H,14,15). The zero-order valence-electron chi connectivity index (χ0n) is 10.0. The largest absolute Gasteiger partial charge is 0.392 e. The van der Waals surface area contributed by atoms with E-state index in [9.17, 15) is 4.79 Å². The number of amides is 1. The maximum absolute atomic E-state index is 12.4. The molecule has 3 N–H and O–H groups in total. The van der Waals surface area contributed by atoms with E-state index in [0.717, 1.165) is 43.6 Å². The first kappa shape index (κ1) is 13.1. The van der Waals surface area contributed by atoms with Gasteiger partial charge in [-0.3, -0.25) is 4.79 Å². The van der Waals surface area contributed by atoms with Crippen molar-refractivity contribution in [1.82, 2.24) is 5.32 Å². The molecule has 3 nitrogen and oxygen atoms in total. The fourth-order valence-electron chi connectivity index (χ4n) is 2.71. The van der Waals surface area contributed by atoms with Gasteiger partial charge in [-0.15, -0.1) is 0 Å². The lowest BCUT2D eigenvalue weighted by Crippen LogP contribution is -2.52. The summed E-state index contributed by atoms with van der Waals surface area (Å²) in [5, 5.41) is 3.14. The predicted octanol–water partition coefficient (Wildman–Crippen LogP) is 1.84. The summed E-state index contributed by atoms with van der Waals surface area (Å²) in [7, 11) is 0. The monoisotopic (exact) mass is 272 g/mol. The zero-order valence-corrected chi connectivity index (χ0v) is 11.7. The van der Waals surface area contributed by atoms with Crippen molar-refractivity contribution in [2.45, 2.75) is 44.6 Å². The highest BCUT2D eigenvalue weighted by atomic mass is 32.2. The van der Waals surface area contributed by atoms with E-state index in [2.05, 4.69) is 5.32 Å². The van der Waals surface area contributed by atoms with Gasteiger partial charge in [0.25, 0.3) is 0 Å². The van der Waals surface area contributed by atoms with Gasteiger partial charge in [-0.2, -0.15) is 11.8 Å². The van der Waals surface area contributed by atoms with E-state index in [1.54, 1.807) is 0 Å². The Kier molecular flexibility index (Phi) is 4.31. The molecule has 1 saturated heterocycles. The van der Waals surface area contributed by atoms with Crippen LogP contribution in [0.5, 0.6) is 0 Å². The second kappa shape index (κ2) is 5.57. The van der Waals surface area contributed by atoms with Crippen molar-refractivity contribution in [3.63, 3.8) is 0 Å². The van der Waals surface area contributed by atoms with Crippen LogP contribution in [0.25, 0.3) is 0 Å². The van der Waals surface area contributed by atoms with E-state index in [1.807, 2.05) is 11.8 Å². The fourth-order valence-corrected chi connectivity index (χ4v) is 4.16. The fraction of sp³-hybridized carbons (Fsp3) is 0.833. The summed E-state index contributed by atoms with van der Waals surface area (Å²) >= 11 is 7.06. The summed E-state index contributed by atoms with van der Waals surface area (Å²) in [5.41, 5.74) is 5.29. The highest BCUT2D eigenvalue weighted by Gasteiger charge is 2.43. The van der Waals surface area contributed by atoms with Crippen LogP contribution < -0.4 is 11.1 Å². The number of hydrogen-bond donors (Lipinski definition) is 2. The van der Waals surface area contributed by atoms with Crippen molar-refractivity contribution in [3.05, 3.63) is 0 Å². The predicted molar refractivity (Wildman–Crippen MR) is 76.2 cm³/mol. The van der Waals surface area contributed by atoms with Crippen LogP contribution in [0.4, 0.5) is 0 Å². The molecule has 2 fully saturated rings. The van der Waals surface area contributed by atoms with Crippen LogP contribution >= 0.6 is 24.0 Å². The second-order valence-corrected chi connectivity index (χ2v) is 6.63. The van der Waals surface area contributed by atoms with E-state index < -0.39 is 5.41 Å². The molecule has 1 aliphatic heterocycles. The highest BCUT2D eigenvalue weighted by Crippen LogP contribution is 2.37. The lowest BCUT2D eigenvalue weighted by Gasteiger charge is -2.35. The van der Waals surface area contributed by atoms with Gasteiger partial charge in [0.1, 0.15) is 0 Å². The zero-order chi connectivity index (χ0) is 12.3. The molecule has 1 unspecified atom stereocenters. The molecule has 0 aromatic rings. The van der Waals surface area contributed by atoms with E-state index in [-0.39, 0.29) is 5.91 Å². The van der Waals surface area contributed by atoms with Crippen molar-refractivity contribution in [1.29, 1.82) is 0 Å². The topological polar surface area (TPSA) is 55.1 Å². The average Bonchev–Trinajstić information content (AvgIpc) is 2.82. The van der Waals surface area contributed by atoms with Crippen LogP contribution in [0.15, 0.2) is 0 Å². The van der Waals surface area contributed by atoms with Crippen molar-refractivity contribution < 1.29 is 4.79 Å². The quantitative estimate of drug-likeness (QED) is 0.770. The van der Waals surface area contributed by atoms with Gasteiger partial charge in [-0.25, -0.2) is 0 Å². The molecule has 0 aromatic heterocycles. The molecule has 1 aliphatic carbocycles. The molecule has 0 bridgehead atoms. The van der Waals surface area contributed by atoms with Gasteiger partial charge >= 0.3 is 0 Å². The number of hydrogen-bond acceptors (Lipinski definition) is 3. The van der Waals surface area contributed by atoms with Gasteiger partial charge in [0.15, 0.2) is 0 Å². The van der Waals surface area contributed by atoms with E-state index in [4.69, 9.17) is 18.0 Å². The third-order valence-corrected chi connectivity index (χ3v) is 5.43.